The smallest absolute Gasteiger partial charge is 0.260 e. The molecule has 0 fully saturated rings. The molecule has 7 heteroatoms. The van der Waals surface area contributed by atoms with Crippen molar-refractivity contribution in [3.63, 3.8) is 0 Å². The maximum atomic E-state index is 12.6. The lowest BCUT2D eigenvalue weighted by molar-refractivity contribution is 0.0741. The SMILES string of the molecule is Cc1ccc(C(=O)N(C)C(C)c2ccc(-n3cncn3)cc2)c(=O)[nH]1. The number of aryl methyl sites for hydroxylation is 1. The van der Waals surface area contributed by atoms with Gasteiger partial charge in [0.05, 0.1) is 11.7 Å². The Morgan fingerprint density at radius 1 is 1.20 bits per heavy atom. The molecule has 0 bridgehead atoms. The second kappa shape index (κ2) is 6.72. The number of carbonyl (C=O) groups is 1. The van der Waals surface area contributed by atoms with E-state index in [4.69, 9.17) is 0 Å². The molecule has 1 atom stereocenters. The quantitative estimate of drug-likeness (QED) is 0.790. The monoisotopic (exact) mass is 337 g/mol. The Labute approximate surface area is 144 Å². The molecule has 0 saturated heterocycles. The molecule has 128 valence electrons. The van der Waals surface area contributed by atoms with E-state index in [-0.39, 0.29) is 23.1 Å². The maximum Gasteiger partial charge on any atom is 0.260 e. The summed E-state index contributed by atoms with van der Waals surface area (Å²) in [5.41, 5.74) is 2.34. The van der Waals surface area contributed by atoms with Crippen LogP contribution in [0.25, 0.3) is 5.69 Å². The highest BCUT2D eigenvalue weighted by Crippen LogP contribution is 2.21. The first-order valence-electron chi connectivity index (χ1n) is 7.89. The Morgan fingerprint density at radius 3 is 2.52 bits per heavy atom. The summed E-state index contributed by atoms with van der Waals surface area (Å²) < 4.78 is 1.66. The van der Waals surface area contributed by atoms with Gasteiger partial charge in [0.1, 0.15) is 18.2 Å². The molecule has 1 amide bonds. The molecule has 2 heterocycles. The van der Waals surface area contributed by atoms with Gasteiger partial charge in [-0.1, -0.05) is 12.1 Å². The standard InChI is InChI=1S/C18H19N5O2/c1-12-4-9-16(17(24)21-12)18(25)22(3)13(2)14-5-7-15(8-6-14)23-11-19-10-20-23/h4-11,13H,1-3H3,(H,21,24). The van der Waals surface area contributed by atoms with Gasteiger partial charge in [-0.15, -0.1) is 0 Å². The van der Waals surface area contributed by atoms with Crippen molar-refractivity contribution in [2.75, 3.05) is 7.05 Å². The number of carbonyl (C=O) groups excluding carboxylic acids is 1. The van der Waals surface area contributed by atoms with Crippen molar-refractivity contribution in [1.82, 2.24) is 24.6 Å². The Balaban J connectivity index is 1.81. The fraction of sp³-hybridized carbons (Fsp3) is 0.222. The minimum absolute atomic E-state index is 0.138. The minimum Gasteiger partial charge on any atom is -0.335 e. The number of amides is 1. The number of hydrogen-bond donors (Lipinski definition) is 1. The van der Waals surface area contributed by atoms with Crippen LogP contribution in [0.15, 0.2) is 53.8 Å². The van der Waals surface area contributed by atoms with Crippen LogP contribution in [0.4, 0.5) is 0 Å². The number of nitrogens with one attached hydrogen (secondary N) is 1. The van der Waals surface area contributed by atoms with Crippen LogP contribution in [0.5, 0.6) is 0 Å². The van der Waals surface area contributed by atoms with Gasteiger partial charge in [0, 0.05) is 12.7 Å². The molecule has 0 aliphatic heterocycles. The lowest BCUT2D eigenvalue weighted by atomic mass is 10.1. The van der Waals surface area contributed by atoms with Gasteiger partial charge in [0.15, 0.2) is 0 Å². The van der Waals surface area contributed by atoms with Crippen molar-refractivity contribution in [3.05, 3.63) is 76.2 Å². The molecule has 3 rings (SSSR count). The molecule has 1 aromatic carbocycles. The number of rotatable bonds is 4. The zero-order chi connectivity index (χ0) is 18.0. The van der Waals surface area contributed by atoms with Crippen LogP contribution < -0.4 is 5.56 Å². The van der Waals surface area contributed by atoms with Crippen LogP contribution in [0.2, 0.25) is 0 Å². The lowest BCUT2D eigenvalue weighted by Crippen LogP contribution is -2.33. The highest BCUT2D eigenvalue weighted by molar-refractivity contribution is 5.93. The number of nitrogens with zero attached hydrogens (tertiary/aromatic N) is 4. The molecule has 1 unspecified atom stereocenters. The van der Waals surface area contributed by atoms with Crippen molar-refractivity contribution in [3.8, 4) is 5.69 Å². The molecule has 0 aliphatic rings. The van der Waals surface area contributed by atoms with Crippen LogP contribution in [-0.2, 0) is 0 Å². The molecule has 2 aromatic heterocycles. The third-order valence-electron chi connectivity index (χ3n) is 4.25. The molecule has 0 aliphatic carbocycles. The molecule has 3 aromatic rings. The number of pyridine rings is 1. The van der Waals surface area contributed by atoms with Crippen molar-refractivity contribution < 1.29 is 4.79 Å². The van der Waals surface area contributed by atoms with Crippen molar-refractivity contribution in [1.29, 1.82) is 0 Å². The first-order valence-corrected chi connectivity index (χ1v) is 7.89. The third-order valence-corrected chi connectivity index (χ3v) is 4.25. The molecule has 0 spiro atoms. The van der Waals surface area contributed by atoms with E-state index in [0.717, 1.165) is 16.9 Å². The second-order valence-corrected chi connectivity index (χ2v) is 5.91. The zero-order valence-electron chi connectivity index (χ0n) is 14.3. The summed E-state index contributed by atoms with van der Waals surface area (Å²) in [6.45, 7) is 3.70. The van der Waals surface area contributed by atoms with Gasteiger partial charge in [-0.2, -0.15) is 5.10 Å². The van der Waals surface area contributed by atoms with E-state index in [1.165, 1.54) is 6.33 Å². The van der Waals surface area contributed by atoms with Gasteiger partial charge in [-0.3, -0.25) is 9.59 Å². The Morgan fingerprint density at radius 2 is 1.92 bits per heavy atom. The Hall–Kier alpha value is -3.22. The van der Waals surface area contributed by atoms with Crippen LogP contribution in [0, 0.1) is 6.92 Å². The number of benzene rings is 1. The van der Waals surface area contributed by atoms with Crippen molar-refractivity contribution in [2.24, 2.45) is 0 Å². The van der Waals surface area contributed by atoms with E-state index in [2.05, 4.69) is 15.1 Å². The number of H-pyrrole nitrogens is 1. The van der Waals surface area contributed by atoms with Crippen molar-refractivity contribution in [2.45, 2.75) is 19.9 Å². The highest BCUT2D eigenvalue weighted by Gasteiger charge is 2.21. The molecular formula is C18H19N5O2. The largest absolute Gasteiger partial charge is 0.335 e. The Bertz CT molecular complexity index is 929. The van der Waals surface area contributed by atoms with Gasteiger partial charge < -0.3 is 9.88 Å². The van der Waals surface area contributed by atoms with E-state index in [9.17, 15) is 9.59 Å². The van der Waals surface area contributed by atoms with E-state index in [1.54, 1.807) is 42.0 Å². The number of aromatic amines is 1. The predicted octanol–water partition coefficient (Wildman–Crippen LogP) is 2.10. The summed E-state index contributed by atoms with van der Waals surface area (Å²) in [6, 6.07) is 10.8. The molecule has 1 N–H and O–H groups in total. The molecular weight excluding hydrogens is 318 g/mol. The second-order valence-electron chi connectivity index (χ2n) is 5.91. The molecule has 0 radical (unpaired) electrons. The van der Waals surface area contributed by atoms with E-state index in [0.29, 0.717) is 0 Å². The predicted molar refractivity (Wildman–Crippen MR) is 93.7 cm³/mol. The zero-order valence-corrected chi connectivity index (χ0v) is 14.3. The first-order chi connectivity index (χ1) is 12.0. The summed E-state index contributed by atoms with van der Waals surface area (Å²) in [5.74, 6) is -0.311. The normalized spacial score (nSPS) is 12.0. The summed E-state index contributed by atoms with van der Waals surface area (Å²) in [4.78, 5) is 32.8. The first kappa shape index (κ1) is 16.6. The summed E-state index contributed by atoms with van der Waals surface area (Å²) in [5, 5.41) is 4.08. The van der Waals surface area contributed by atoms with Crippen LogP contribution in [0.3, 0.4) is 0 Å². The lowest BCUT2D eigenvalue weighted by Gasteiger charge is -2.25. The summed E-state index contributed by atoms with van der Waals surface area (Å²) in [7, 11) is 1.69. The molecule has 25 heavy (non-hydrogen) atoms. The van der Waals surface area contributed by atoms with Gasteiger partial charge in [-0.05, 0) is 43.7 Å². The summed E-state index contributed by atoms with van der Waals surface area (Å²) in [6.07, 6.45) is 3.10. The fourth-order valence-corrected chi connectivity index (χ4v) is 2.58. The van der Waals surface area contributed by atoms with Gasteiger partial charge in [0.25, 0.3) is 11.5 Å². The van der Waals surface area contributed by atoms with Crippen molar-refractivity contribution >= 4 is 5.91 Å². The van der Waals surface area contributed by atoms with Gasteiger partial charge in [0.2, 0.25) is 0 Å². The van der Waals surface area contributed by atoms with E-state index in [1.807, 2.05) is 31.2 Å². The third kappa shape index (κ3) is 3.35. The van der Waals surface area contributed by atoms with Crippen LogP contribution >= 0.6 is 0 Å². The molecule has 7 nitrogen and oxygen atoms in total. The highest BCUT2D eigenvalue weighted by atomic mass is 16.2. The van der Waals surface area contributed by atoms with Crippen LogP contribution in [-0.4, -0.2) is 37.6 Å². The minimum atomic E-state index is -0.370. The van der Waals surface area contributed by atoms with Crippen LogP contribution in [0.1, 0.15) is 34.6 Å². The Kier molecular flexibility index (Phi) is 4.47. The topological polar surface area (TPSA) is 83.9 Å². The van der Waals surface area contributed by atoms with Gasteiger partial charge >= 0.3 is 0 Å². The number of hydrogen-bond acceptors (Lipinski definition) is 4. The average molecular weight is 337 g/mol. The maximum absolute atomic E-state index is 12.6. The average Bonchev–Trinajstić information content (AvgIpc) is 3.15. The molecule has 0 saturated carbocycles. The van der Waals surface area contributed by atoms with E-state index >= 15 is 0 Å². The summed E-state index contributed by atoms with van der Waals surface area (Å²) >= 11 is 0. The number of aromatic nitrogens is 4. The van der Waals surface area contributed by atoms with Gasteiger partial charge in [-0.25, -0.2) is 9.67 Å². The fourth-order valence-electron chi connectivity index (χ4n) is 2.58. The van der Waals surface area contributed by atoms with E-state index < -0.39 is 0 Å².